The third-order valence-electron chi connectivity index (χ3n) is 1.64. The highest BCUT2D eigenvalue weighted by Crippen LogP contribution is 2.16. The minimum absolute atomic E-state index is 0.0364. The monoisotopic (exact) mass is 257 g/mol. The van der Waals surface area contributed by atoms with Crippen LogP contribution in [0, 0.1) is 11.3 Å². The molecule has 1 rings (SSSR count). The molecular formula is C8H8BrN3O2. The van der Waals surface area contributed by atoms with Crippen LogP contribution >= 0.6 is 15.9 Å². The molecule has 0 saturated heterocycles. The SMILES string of the molecule is N#Cc1ncc(C(O)C(O)CBr)cn1. The van der Waals surface area contributed by atoms with Crippen molar-refractivity contribution in [3.63, 3.8) is 0 Å². The van der Waals surface area contributed by atoms with Gasteiger partial charge in [-0.25, -0.2) is 9.97 Å². The standard InChI is InChI=1S/C8H8BrN3O2/c9-1-6(13)8(14)5-3-11-7(2-10)12-4-5/h3-4,6,8,13-14H,1H2. The molecule has 2 N–H and O–H groups in total. The van der Waals surface area contributed by atoms with Crippen LogP contribution in [-0.2, 0) is 0 Å². The molecular weight excluding hydrogens is 250 g/mol. The van der Waals surface area contributed by atoms with Crippen LogP contribution in [0.15, 0.2) is 12.4 Å². The van der Waals surface area contributed by atoms with Crippen molar-refractivity contribution in [2.45, 2.75) is 12.2 Å². The third kappa shape index (κ3) is 2.48. The molecule has 2 atom stereocenters. The fourth-order valence-corrected chi connectivity index (χ4v) is 1.21. The van der Waals surface area contributed by atoms with Gasteiger partial charge in [-0.05, 0) is 0 Å². The van der Waals surface area contributed by atoms with Gasteiger partial charge in [0.25, 0.3) is 0 Å². The lowest BCUT2D eigenvalue weighted by Gasteiger charge is -2.14. The topological polar surface area (TPSA) is 90.0 Å². The van der Waals surface area contributed by atoms with Crippen LogP contribution in [0.2, 0.25) is 0 Å². The van der Waals surface area contributed by atoms with Crippen molar-refractivity contribution in [3.05, 3.63) is 23.8 Å². The minimum atomic E-state index is -1.04. The van der Waals surface area contributed by atoms with E-state index in [-0.39, 0.29) is 11.2 Å². The van der Waals surface area contributed by atoms with Crippen LogP contribution in [0.1, 0.15) is 17.5 Å². The summed E-state index contributed by atoms with van der Waals surface area (Å²) in [5, 5.41) is 27.5. The summed E-state index contributed by atoms with van der Waals surface area (Å²) in [7, 11) is 0. The molecule has 6 heteroatoms. The van der Waals surface area contributed by atoms with Crippen molar-refractivity contribution in [2.24, 2.45) is 0 Å². The quantitative estimate of drug-likeness (QED) is 0.752. The number of rotatable bonds is 3. The van der Waals surface area contributed by atoms with E-state index in [0.29, 0.717) is 5.56 Å². The van der Waals surface area contributed by atoms with Gasteiger partial charge in [0.05, 0.1) is 6.10 Å². The molecule has 0 saturated carbocycles. The maximum absolute atomic E-state index is 9.51. The van der Waals surface area contributed by atoms with E-state index in [9.17, 15) is 10.2 Å². The van der Waals surface area contributed by atoms with Crippen molar-refractivity contribution >= 4 is 15.9 Å². The lowest BCUT2D eigenvalue weighted by atomic mass is 10.1. The normalized spacial score (nSPS) is 14.4. The molecule has 0 aliphatic carbocycles. The Balaban J connectivity index is 2.82. The zero-order valence-electron chi connectivity index (χ0n) is 7.13. The van der Waals surface area contributed by atoms with Crippen molar-refractivity contribution in [1.29, 1.82) is 5.26 Å². The lowest BCUT2D eigenvalue weighted by molar-refractivity contribution is 0.0338. The summed E-state index contributed by atoms with van der Waals surface area (Å²) in [5.41, 5.74) is 0.385. The molecule has 1 heterocycles. The van der Waals surface area contributed by atoms with Crippen LogP contribution in [0.4, 0.5) is 0 Å². The summed E-state index contributed by atoms with van der Waals surface area (Å²) >= 11 is 3.04. The highest BCUT2D eigenvalue weighted by Gasteiger charge is 2.17. The van der Waals surface area contributed by atoms with E-state index < -0.39 is 12.2 Å². The Labute approximate surface area is 89.2 Å². The van der Waals surface area contributed by atoms with E-state index in [1.807, 2.05) is 0 Å². The van der Waals surface area contributed by atoms with Crippen LogP contribution in [0.5, 0.6) is 0 Å². The van der Waals surface area contributed by atoms with Crippen LogP contribution in [0.25, 0.3) is 0 Å². The molecule has 0 aromatic carbocycles. The molecule has 1 aromatic rings. The van der Waals surface area contributed by atoms with Crippen molar-refractivity contribution in [1.82, 2.24) is 9.97 Å². The van der Waals surface area contributed by atoms with Gasteiger partial charge in [-0.1, -0.05) is 15.9 Å². The van der Waals surface area contributed by atoms with Gasteiger partial charge in [0, 0.05) is 23.3 Å². The van der Waals surface area contributed by atoms with E-state index in [4.69, 9.17) is 5.26 Å². The van der Waals surface area contributed by atoms with E-state index in [1.54, 1.807) is 6.07 Å². The lowest BCUT2D eigenvalue weighted by Crippen LogP contribution is -2.19. The molecule has 2 unspecified atom stereocenters. The van der Waals surface area contributed by atoms with E-state index in [2.05, 4.69) is 25.9 Å². The predicted molar refractivity (Wildman–Crippen MR) is 51.5 cm³/mol. The number of nitriles is 1. The van der Waals surface area contributed by atoms with Crippen LogP contribution < -0.4 is 0 Å². The Morgan fingerprint density at radius 1 is 1.43 bits per heavy atom. The number of halogens is 1. The Kier molecular flexibility index (Phi) is 3.95. The molecule has 0 spiro atoms. The summed E-state index contributed by atoms with van der Waals surface area (Å²) in [4.78, 5) is 7.35. The summed E-state index contributed by atoms with van der Waals surface area (Å²) < 4.78 is 0. The number of aliphatic hydroxyl groups excluding tert-OH is 2. The smallest absolute Gasteiger partial charge is 0.232 e. The molecule has 0 radical (unpaired) electrons. The summed E-state index contributed by atoms with van der Waals surface area (Å²) in [5.74, 6) is 0.0364. The molecule has 0 aliphatic heterocycles. The zero-order chi connectivity index (χ0) is 10.6. The Morgan fingerprint density at radius 3 is 2.43 bits per heavy atom. The highest BCUT2D eigenvalue weighted by atomic mass is 79.9. The number of alkyl halides is 1. The van der Waals surface area contributed by atoms with E-state index in [1.165, 1.54) is 12.4 Å². The number of aromatic nitrogens is 2. The molecule has 0 bridgehead atoms. The van der Waals surface area contributed by atoms with Crippen molar-refractivity contribution in [2.75, 3.05) is 5.33 Å². The number of aliphatic hydroxyl groups is 2. The molecule has 1 aromatic heterocycles. The average molecular weight is 258 g/mol. The second-order valence-corrected chi connectivity index (χ2v) is 3.27. The maximum atomic E-state index is 9.51. The Morgan fingerprint density at radius 2 is 2.00 bits per heavy atom. The molecule has 0 amide bonds. The zero-order valence-corrected chi connectivity index (χ0v) is 8.72. The van der Waals surface area contributed by atoms with Crippen molar-refractivity contribution < 1.29 is 10.2 Å². The largest absolute Gasteiger partial charge is 0.389 e. The molecule has 0 aliphatic rings. The average Bonchev–Trinajstić information content (AvgIpc) is 2.27. The van der Waals surface area contributed by atoms with Gasteiger partial charge < -0.3 is 10.2 Å². The van der Waals surface area contributed by atoms with Crippen LogP contribution in [-0.4, -0.2) is 31.6 Å². The van der Waals surface area contributed by atoms with Crippen molar-refractivity contribution in [3.8, 4) is 6.07 Å². The highest BCUT2D eigenvalue weighted by molar-refractivity contribution is 9.09. The van der Waals surface area contributed by atoms with Crippen LogP contribution in [0.3, 0.4) is 0 Å². The number of hydrogen-bond acceptors (Lipinski definition) is 5. The summed E-state index contributed by atoms with van der Waals surface area (Å²) in [6.07, 6.45) is 0.693. The first-order chi connectivity index (χ1) is 6.69. The van der Waals surface area contributed by atoms with Gasteiger partial charge in [0.2, 0.25) is 5.82 Å². The first-order valence-electron chi connectivity index (χ1n) is 3.83. The fraction of sp³-hybridized carbons (Fsp3) is 0.375. The predicted octanol–water partition coefficient (Wildman–Crippen LogP) is 0.137. The first kappa shape index (κ1) is 11.0. The summed E-state index contributed by atoms with van der Waals surface area (Å²) in [6.45, 7) is 0. The third-order valence-corrected chi connectivity index (χ3v) is 2.30. The number of hydrogen-bond donors (Lipinski definition) is 2. The first-order valence-corrected chi connectivity index (χ1v) is 4.95. The van der Waals surface area contributed by atoms with Gasteiger partial charge in [0.1, 0.15) is 12.2 Å². The summed E-state index contributed by atoms with van der Waals surface area (Å²) in [6, 6.07) is 1.76. The second-order valence-electron chi connectivity index (χ2n) is 2.62. The van der Waals surface area contributed by atoms with Gasteiger partial charge in [-0.2, -0.15) is 5.26 Å². The fourth-order valence-electron chi connectivity index (χ4n) is 0.855. The molecule has 14 heavy (non-hydrogen) atoms. The minimum Gasteiger partial charge on any atom is -0.389 e. The van der Waals surface area contributed by atoms with Gasteiger partial charge >= 0.3 is 0 Å². The van der Waals surface area contributed by atoms with E-state index >= 15 is 0 Å². The maximum Gasteiger partial charge on any atom is 0.232 e. The van der Waals surface area contributed by atoms with E-state index in [0.717, 1.165) is 0 Å². The second kappa shape index (κ2) is 5.00. The Bertz CT molecular complexity index is 335. The molecule has 0 fully saturated rings. The van der Waals surface area contributed by atoms with Gasteiger partial charge in [0.15, 0.2) is 0 Å². The molecule has 5 nitrogen and oxygen atoms in total. The Hall–Kier alpha value is -1.03. The molecule has 74 valence electrons. The number of nitrogens with zero attached hydrogens (tertiary/aromatic N) is 3. The van der Waals surface area contributed by atoms with Gasteiger partial charge in [-0.3, -0.25) is 0 Å². The van der Waals surface area contributed by atoms with Gasteiger partial charge in [-0.15, -0.1) is 0 Å².